The number of unbranched alkanes of at least 4 members (excludes halogenated alkanes) is 1. The largest absolute Gasteiger partial charge is 0.480 e. The summed E-state index contributed by atoms with van der Waals surface area (Å²) in [5, 5.41) is 27.3. The molecular weight excluding hydrogens is 468 g/mol. The lowest BCUT2D eigenvalue weighted by Crippen LogP contribution is -2.58. The summed E-state index contributed by atoms with van der Waals surface area (Å²) in [7, 11) is 0. The molecule has 5 atom stereocenters. The van der Waals surface area contributed by atoms with E-state index in [2.05, 4.69) is 20.9 Å². The number of nitrogens with one attached hydrogen (secondary N) is 4. The van der Waals surface area contributed by atoms with Gasteiger partial charge < -0.3 is 42.6 Å². The van der Waals surface area contributed by atoms with Crippen molar-refractivity contribution in [2.24, 2.45) is 11.5 Å². The number of hydrogen-bond donors (Lipinski definition) is 8. The fourth-order valence-corrected chi connectivity index (χ4v) is 3.69. The lowest BCUT2D eigenvalue weighted by Gasteiger charge is -2.24. The van der Waals surface area contributed by atoms with E-state index in [-0.39, 0.29) is 6.42 Å². The molecule has 0 bridgehead atoms. The van der Waals surface area contributed by atoms with Crippen molar-refractivity contribution in [1.82, 2.24) is 20.9 Å². The van der Waals surface area contributed by atoms with Crippen LogP contribution < -0.4 is 27.4 Å². The number of carbonyl (C=O) groups excluding carboxylic acids is 3. The van der Waals surface area contributed by atoms with Crippen molar-refractivity contribution in [2.45, 2.75) is 69.8 Å². The van der Waals surface area contributed by atoms with Crippen molar-refractivity contribution in [3.05, 3.63) is 36.0 Å². The van der Waals surface area contributed by atoms with Crippen molar-refractivity contribution < 1.29 is 29.4 Å². The number of aromatic amines is 1. The van der Waals surface area contributed by atoms with E-state index in [0.717, 1.165) is 17.3 Å². The van der Waals surface area contributed by atoms with E-state index in [0.29, 0.717) is 24.9 Å². The fourth-order valence-electron chi connectivity index (χ4n) is 3.69. The molecule has 0 radical (unpaired) electrons. The zero-order valence-corrected chi connectivity index (χ0v) is 20.5. The number of aromatic nitrogens is 1. The Morgan fingerprint density at radius 2 is 1.69 bits per heavy atom. The maximum atomic E-state index is 13.0. The number of hydrogen-bond acceptors (Lipinski definition) is 7. The second kappa shape index (κ2) is 13.6. The minimum absolute atomic E-state index is 0.0347. The zero-order chi connectivity index (χ0) is 26.8. The number of nitrogens with two attached hydrogens (primary N) is 2. The minimum atomic E-state index is -1.57. The summed E-state index contributed by atoms with van der Waals surface area (Å²) in [6, 6.07) is 2.81. The Morgan fingerprint density at radius 3 is 2.33 bits per heavy atom. The Morgan fingerprint density at radius 1 is 1.00 bits per heavy atom. The highest BCUT2D eigenvalue weighted by atomic mass is 16.4. The third-order valence-electron chi connectivity index (χ3n) is 5.84. The number of carboxylic acid groups (broad SMARTS) is 1. The highest BCUT2D eigenvalue weighted by Crippen LogP contribution is 2.19. The number of aliphatic hydroxyl groups excluding tert-OH is 1. The van der Waals surface area contributed by atoms with Gasteiger partial charge in [0.25, 0.3) is 0 Å². The van der Waals surface area contributed by atoms with Gasteiger partial charge in [0.2, 0.25) is 17.7 Å². The standard InChI is InChI=1S/C24H36N6O6/c1-13(28-22(33)17(26)8-5-6-10-25)21(32)29-19(23(34)30-20(14(2)31)24(35)36)11-15-12-27-18-9-4-3-7-16(15)18/h3-4,7,9,12-14,17,19-20,27,31H,5-6,8,10-11,25-26H2,1-2H3,(H,28,33)(H,29,32)(H,30,34)(H,35,36). The van der Waals surface area contributed by atoms with Gasteiger partial charge in [-0.3, -0.25) is 14.4 Å². The molecule has 0 spiro atoms. The van der Waals surface area contributed by atoms with Crippen LogP contribution in [0.2, 0.25) is 0 Å². The summed E-state index contributed by atoms with van der Waals surface area (Å²) >= 11 is 0. The van der Waals surface area contributed by atoms with Crippen LogP contribution in [0.4, 0.5) is 0 Å². The van der Waals surface area contributed by atoms with Gasteiger partial charge in [-0.05, 0) is 44.9 Å². The molecule has 1 aromatic heterocycles. The van der Waals surface area contributed by atoms with Crippen LogP contribution in [0.3, 0.4) is 0 Å². The van der Waals surface area contributed by atoms with Gasteiger partial charge in [0.1, 0.15) is 12.1 Å². The van der Waals surface area contributed by atoms with Crippen molar-refractivity contribution in [3.8, 4) is 0 Å². The monoisotopic (exact) mass is 504 g/mol. The molecule has 1 aromatic carbocycles. The van der Waals surface area contributed by atoms with E-state index < -0.39 is 54.0 Å². The van der Waals surface area contributed by atoms with Crippen molar-refractivity contribution in [1.29, 1.82) is 0 Å². The van der Waals surface area contributed by atoms with Crippen LogP contribution in [-0.4, -0.2) is 75.7 Å². The first kappa shape index (κ1) is 28.8. The Hall–Kier alpha value is -3.48. The van der Waals surface area contributed by atoms with Crippen LogP contribution in [-0.2, 0) is 25.6 Å². The van der Waals surface area contributed by atoms with E-state index in [4.69, 9.17) is 11.5 Å². The summed E-state index contributed by atoms with van der Waals surface area (Å²) in [6.45, 7) is 3.18. The van der Waals surface area contributed by atoms with Crippen molar-refractivity contribution in [2.75, 3.05) is 6.54 Å². The van der Waals surface area contributed by atoms with Gasteiger partial charge in [0.05, 0.1) is 12.1 Å². The number of carbonyl (C=O) groups is 4. The first-order chi connectivity index (χ1) is 17.0. The molecule has 1 heterocycles. The second-order valence-corrected chi connectivity index (χ2v) is 8.81. The molecule has 0 saturated carbocycles. The molecule has 2 rings (SSSR count). The first-order valence-electron chi connectivity index (χ1n) is 11.9. The van der Waals surface area contributed by atoms with E-state index in [1.807, 2.05) is 24.3 Å². The molecular formula is C24H36N6O6. The predicted octanol–water partition coefficient (Wildman–Crippen LogP) is -0.894. The van der Waals surface area contributed by atoms with Gasteiger partial charge in [-0.1, -0.05) is 24.6 Å². The summed E-state index contributed by atoms with van der Waals surface area (Å²) in [5.41, 5.74) is 12.9. The molecule has 0 aliphatic carbocycles. The average molecular weight is 505 g/mol. The summed E-state index contributed by atoms with van der Waals surface area (Å²) < 4.78 is 0. The van der Waals surface area contributed by atoms with Gasteiger partial charge in [0, 0.05) is 23.5 Å². The van der Waals surface area contributed by atoms with Gasteiger partial charge in [-0.25, -0.2) is 4.79 Å². The molecule has 2 aromatic rings. The number of benzene rings is 1. The number of fused-ring (bicyclic) bond motifs is 1. The quantitative estimate of drug-likeness (QED) is 0.151. The average Bonchev–Trinajstić information content (AvgIpc) is 3.24. The highest BCUT2D eigenvalue weighted by molar-refractivity contribution is 5.94. The van der Waals surface area contributed by atoms with Crippen molar-refractivity contribution in [3.63, 3.8) is 0 Å². The Labute approximate surface area is 209 Å². The predicted molar refractivity (Wildman–Crippen MR) is 134 cm³/mol. The van der Waals surface area contributed by atoms with E-state index in [1.54, 1.807) is 6.20 Å². The lowest BCUT2D eigenvalue weighted by molar-refractivity contribution is -0.145. The maximum Gasteiger partial charge on any atom is 0.328 e. The number of aliphatic hydroxyl groups is 1. The van der Waals surface area contributed by atoms with Gasteiger partial charge in [0.15, 0.2) is 6.04 Å². The Bertz CT molecular complexity index is 1050. The van der Waals surface area contributed by atoms with E-state index in [9.17, 15) is 29.4 Å². The van der Waals surface area contributed by atoms with Crippen LogP contribution in [0.5, 0.6) is 0 Å². The van der Waals surface area contributed by atoms with Crippen LogP contribution in [0.25, 0.3) is 10.9 Å². The molecule has 12 nitrogen and oxygen atoms in total. The number of amides is 3. The van der Waals surface area contributed by atoms with Gasteiger partial charge >= 0.3 is 5.97 Å². The number of rotatable bonds is 14. The number of aliphatic carboxylic acids is 1. The van der Waals surface area contributed by atoms with Crippen molar-refractivity contribution >= 4 is 34.6 Å². The van der Waals surface area contributed by atoms with Crippen LogP contribution >= 0.6 is 0 Å². The number of H-pyrrole nitrogens is 1. The normalized spacial score (nSPS) is 15.4. The minimum Gasteiger partial charge on any atom is -0.480 e. The SMILES string of the molecule is CC(NC(=O)C(N)CCCCN)C(=O)NC(Cc1c[nH]c2ccccc12)C(=O)NC(C(=O)O)C(C)O. The lowest BCUT2D eigenvalue weighted by atomic mass is 10.0. The fraction of sp³-hybridized carbons (Fsp3) is 0.500. The molecule has 198 valence electrons. The van der Waals surface area contributed by atoms with Crippen LogP contribution in [0.15, 0.2) is 30.5 Å². The van der Waals surface area contributed by atoms with Gasteiger partial charge in [-0.15, -0.1) is 0 Å². The molecule has 5 unspecified atom stereocenters. The maximum absolute atomic E-state index is 13.0. The molecule has 0 fully saturated rings. The smallest absolute Gasteiger partial charge is 0.328 e. The molecule has 36 heavy (non-hydrogen) atoms. The molecule has 3 amide bonds. The van der Waals surface area contributed by atoms with Crippen LogP contribution in [0.1, 0.15) is 38.7 Å². The summed E-state index contributed by atoms with van der Waals surface area (Å²) in [4.78, 5) is 52.8. The topological polar surface area (TPSA) is 213 Å². The number of carboxylic acids is 1. The zero-order valence-electron chi connectivity index (χ0n) is 20.5. The number of para-hydroxylation sites is 1. The third kappa shape index (κ3) is 8.04. The van der Waals surface area contributed by atoms with E-state index >= 15 is 0 Å². The Kier molecular flexibility index (Phi) is 10.8. The Balaban J connectivity index is 2.16. The summed E-state index contributed by atoms with van der Waals surface area (Å²) in [5.74, 6) is -3.37. The molecule has 0 aliphatic rings. The molecule has 10 N–H and O–H groups in total. The second-order valence-electron chi connectivity index (χ2n) is 8.81. The molecule has 0 saturated heterocycles. The third-order valence-corrected chi connectivity index (χ3v) is 5.84. The van der Waals surface area contributed by atoms with Crippen LogP contribution in [0, 0.1) is 0 Å². The molecule has 12 heteroatoms. The van der Waals surface area contributed by atoms with E-state index in [1.165, 1.54) is 13.8 Å². The molecule has 0 aliphatic heterocycles. The summed E-state index contributed by atoms with van der Waals surface area (Å²) in [6.07, 6.45) is 2.19. The van der Waals surface area contributed by atoms with Gasteiger partial charge in [-0.2, -0.15) is 0 Å². The first-order valence-corrected chi connectivity index (χ1v) is 11.9. The highest BCUT2D eigenvalue weighted by Gasteiger charge is 2.31.